The number of nitrogens with one attached hydrogen (secondary N) is 1. The molecule has 196 valence electrons. The van der Waals surface area contributed by atoms with Crippen LogP contribution in [-0.2, 0) is 17.1 Å². The topological polar surface area (TPSA) is 91.2 Å². The van der Waals surface area contributed by atoms with Crippen LogP contribution in [0.4, 0.5) is 5.69 Å². The molecule has 0 atom stereocenters. The van der Waals surface area contributed by atoms with Crippen molar-refractivity contribution in [3.05, 3.63) is 115 Å². The summed E-state index contributed by atoms with van der Waals surface area (Å²) in [6, 6.07) is 29.3. The molecule has 3 aromatic carbocycles. The zero-order valence-electron chi connectivity index (χ0n) is 21.4. The Kier molecular flexibility index (Phi) is 8.50. The number of nitrogens with zero attached hydrogens (tertiary/aromatic N) is 4. The Balaban J connectivity index is 1.29. The van der Waals surface area contributed by atoms with Crippen LogP contribution in [0, 0.1) is 0 Å². The molecule has 0 spiro atoms. The number of thioether (sulfide) groups is 1. The first-order valence-electron chi connectivity index (χ1n) is 12.3. The number of hydrogen-bond acceptors (Lipinski definition) is 7. The number of ether oxygens (including phenoxy) is 2. The summed E-state index contributed by atoms with van der Waals surface area (Å²) in [4.78, 5) is 16.2. The van der Waals surface area contributed by atoms with E-state index in [4.69, 9.17) is 9.47 Å². The van der Waals surface area contributed by atoms with Gasteiger partial charge in [0.15, 0.2) is 17.6 Å². The van der Waals surface area contributed by atoms with Gasteiger partial charge in [0, 0.05) is 17.5 Å². The molecule has 1 N–H and O–H groups in total. The maximum absolute atomic E-state index is 12.2. The molecule has 0 bridgehead atoms. The largest absolute Gasteiger partial charge is 0.497 e. The van der Waals surface area contributed by atoms with Crippen LogP contribution >= 0.6 is 11.8 Å². The highest BCUT2D eigenvalue weighted by atomic mass is 32.2. The Morgan fingerprint density at radius 2 is 1.64 bits per heavy atom. The molecule has 8 nitrogen and oxygen atoms in total. The number of aromatic nitrogens is 4. The highest BCUT2D eigenvalue weighted by molar-refractivity contribution is 7.98. The number of pyridine rings is 1. The Bertz CT molecular complexity index is 1490. The second-order valence-corrected chi connectivity index (χ2v) is 9.56. The van der Waals surface area contributed by atoms with Gasteiger partial charge in [0.25, 0.3) is 5.91 Å². The third-order valence-corrected chi connectivity index (χ3v) is 6.89. The first kappa shape index (κ1) is 26.0. The van der Waals surface area contributed by atoms with Crippen LogP contribution in [0.3, 0.4) is 0 Å². The van der Waals surface area contributed by atoms with E-state index in [1.807, 2.05) is 54.6 Å². The van der Waals surface area contributed by atoms with Crippen molar-refractivity contribution in [3.63, 3.8) is 0 Å². The molecule has 9 heteroatoms. The van der Waals surface area contributed by atoms with Gasteiger partial charge in [-0.25, -0.2) is 0 Å². The predicted molar refractivity (Wildman–Crippen MR) is 152 cm³/mol. The van der Waals surface area contributed by atoms with Crippen LogP contribution in [0.15, 0.2) is 109 Å². The van der Waals surface area contributed by atoms with Crippen molar-refractivity contribution >= 4 is 23.4 Å². The minimum absolute atomic E-state index is 0.107. The SMILES string of the molecule is COc1ccc(CSc2nnc(-c3ccc(OCC(=O)Nc4cccnc4)cc3)n2Cc2ccccc2)cc1. The van der Waals surface area contributed by atoms with Gasteiger partial charge in [-0.15, -0.1) is 10.2 Å². The molecule has 2 aromatic heterocycles. The van der Waals surface area contributed by atoms with E-state index < -0.39 is 0 Å². The Morgan fingerprint density at radius 3 is 2.36 bits per heavy atom. The first-order chi connectivity index (χ1) is 19.2. The summed E-state index contributed by atoms with van der Waals surface area (Å²) < 4.78 is 13.1. The fourth-order valence-corrected chi connectivity index (χ4v) is 4.76. The maximum atomic E-state index is 12.2. The minimum atomic E-state index is -0.256. The quantitative estimate of drug-likeness (QED) is 0.216. The smallest absolute Gasteiger partial charge is 0.262 e. The van der Waals surface area contributed by atoms with Gasteiger partial charge in [-0.1, -0.05) is 54.2 Å². The molecule has 1 amide bonds. The lowest BCUT2D eigenvalue weighted by atomic mass is 10.2. The summed E-state index contributed by atoms with van der Waals surface area (Å²) in [6.07, 6.45) is 3.23. The van der Waals surface area contributed by atoms with Gasteiger partial charge in [0.2, 0.25) is 0 Å². The zero-order valence-corrected chi connectivity index (χ0v) is 22.2. The third-order valence-electron chi connectivity index (χ3n) is 5.86. The molecule has 5 rings (SSSR count). The molecule has 0 aliphatic rings. The van der Waals surface area contributed by atoms with E-state index in [1.165, 1.54) is 5.56 Å². The average molecular weight is 538 g/mol. The van der Waals surface area contributed by atoms with E-state index in [2.05, 4.69) is 49.3 Å². The van der Waals surface area contributed by atoms with E-state index in [-0.39, 0.29) is 12.5 Å². The van der Waals surface area contributed by atoms with Crippen molar-refractivity contribution in [3.8, 4) is 22.9 Å². The van der Waals surface area contributed by atoms with Crippen LogP contribution in [-0.4, -0.2) is 39.4 Å². The fraction of sp³-hybridized carbons (Fsp3) is 0.133. The molecule has 0 saturated heterocycles. The van der Waals surface area contributed by atoms with Crippen molar-refractivity contribution < 1.29 is 14.3 Å². The Labute approximate surface area is 231 Å². The van der Waals surface area contributed by atoms with Gasteiger partial charge >= 0.3 is 0 Å². The van der Waals surface area contributed by atoms with Crippen molar-refractivity contribution in [1.82, 2.24) is 19.7 Å². The molecular formula is C30H27N5O3S. The first-order valence-corrected chi connectivity index (χ1v) is 13.3. The molecule has 0 radical (unpaired) electrons. The van der Waals surface area contributed by atoms with E-state index in [0.29, 0.717) is 18.0 Å². The maximum Gasteiger partial charge on any atom is 0.262 e. The number of methoxy groups -OCH3 is 1. The van der Waals surface area contributed by atoms with Gasteiger partial charge in [0.1, 0.15) is 11.5 Å². The number of anilines is 1. The fourth-order valence-electron chi connectivity index (χ4n) is 3.87. The molecule has 0 unspecified atom stereocenters. The molecule has 39 heavy (non-hydrogen) atoms. The van der Waals surface area contributed by atoms with Crippen molar-refractivity contribution in [2.24, 2.45) is 0 Å². The number of carbonyl (C=O) groups is 1. The molecule has 0 aliphatic carbocycles. The molecule has 2 heterocycles. The highest BCUT2D eigenvalue weighted by Crippen LogP contribution is 2.29. The van der Waals surface area contributed by atoms with E-state index >= 15 is 0 Å². The number of hydrogen-bond donors (Lipinski definition) is 1. The molecule has 5 aromatic rings. The summed E-state index contributed by atoms with van der Waals surface area (Å²) in [6.45, 7) is 0.533. The van der Waals surface area contributed by atoms with Crippen LogP contribution in [0.2, 0.25) is 0 Å². The average Bonchev–Trinajstić information content (AvgIpc) is 3.38. The summed E-state index contributed by atoms with van der Waals surface area (Å²) in [7, 11) is 1.66. The molecular weight excluding hydrogens is 510 g/mol. The summed E-state index contributed by atoms with van der Waals surface area (Å²) in [5, 5.41) is 12.6. The van der Waals surface area contributed by atoms with Crippen LogP contribution in [0.25, 0.3) is 11.4 Å². The van der Waals surface area contributed by atoms with Crippen molar-refractivity contribution in [1.29, 1.82) is 0 Å². The van der Waals surface area contributed by atoms with E-state index in [9.17, 15) is 4.79 Å². The lowest BCUT2D eigenvalue weighted by Crippen LogP contribution is -2.20. The lowest BCUT2D eigenvalue weighted by Gasteiger charge is -2.12. The monoisotopic (exact) mass is 537 g/mol. The number of benzene rings is 3. The van der Waals surface area contributed by atoms with E-state index in [1.54, 1.807) is 43.4 Å². The highest BCUT2D eigenvalue weighted by Gasteiger charge is 2.16. The van der Waals surface area contributed by atoms with Crippen LogP contribution < -0.4 is 14.8 Å². The molecule has 0 aliphatic heterocycles. The normalized spacial score (nSPS) is 10.7. The summed E-state index contributed by atoms with van der Waals surface area (Å²) in [5.41, 5.74) is 3.86. The number of amides is 1. The van der Waals surface area contributed by atoms with Crippen molar-refractivity contribution in [2.45, 2.75) is 17.5 Å². The van der Waals surface area contributed by atoms with Gasteiger partial charge in [-0.2, -0.15) is 0 Å². The molecule has 0 saturated carbocycles. The molecule has 0 fully saturated rings. The lowest BCUT2D eigenvalue weighted by molar-refractivity contribution is -0.118. The van der Waals surface area contributed by atoms with Crippen molar-refractivity contribution in [2.75, 3.05) is 19.0 Å². The van der Waals surface area contributed by atoms with Gasteiger partial charge in [0.05, 0.1) is 25.5 Å². The zero-order chi connectivity index (χ0) is 26.9. The minimum Gasteiger partial charge on any atom is -0.497 e. The van der Waals surface area contributed by atoms with Crippen LogP contribution in [0.1, 0.15) is 11.1 Å². The summed E-state index contributed by atoms with van der Waals surface area (Å²) >= 11 is 1.64. The summed E-state index contributed by atoms with van der Waals surface area (Å²) in [5.74, 6) is 2.68. The Morgan fingerprint density at radius 1 is 0.872 bits per heavy atom. The van der Waals surface area contributed by atoms with Gasteiger partial charge in [-0.3, -0.25) is 14.3 Å². The number of carbonyl (C=O) groups excluding carboxylic acids is 1. The van der Waals surface area contributed by atoms with Gasteiger partial charge < -0.3 is 14.8 Å². The second-order valence-electron chi connectivity index (χ2n) is 8.62. The van der Waals surface area contributed by atoms with E-state index in [0.717, 1.165) is 33.6 Å². The van der Waals surface area contributed by atoms with Gasteiger partial charge in [-0.05, 0) is 59.7 Å². The second kappa shape index (κ2) is 12.7. The predicted octanol–water partition coefficient (Wildman–Crippen LogP) is 5.71. The Hall–Kier alpha value is -4.63. The number of rotatable bonds is 11. The van der Waals surface area contributed by atoms with Crippen LogP contribution in [0.5, 0.6) is 11.5 Å². The standard InChI is InChI=1S/C30H27N5O3S/c1-37-26-13-9-23(10-14-26)21-39-30-34-33-29(35(30)19-22-6-3-2-4-7-22)24-11-15-27(16-12-24)38-20-28(36)32-25-8-5-17-31-18-25/h2-18H,19-21H2,1H3,(H,32,36). The third kappa shape index (κ3) is 7.03.